The third-order valence-corrected chi connectivity index (χ3v) is 10.8. The summed E-state index contributed by atoms with van der Waals surface area (Å²) in [5.74, 6) is -2.39. The fourth-order valence-corrected chi connectivity index (χ4v) is 6.97. The minimum absolute atomic E-state index is 0.134. The van der Waals surface area contributed by atoms with Gasteiger partial charge < -0.3 is 25.2 Å². The number of unbranched alkanes of at least 4 members (excludes halogenated alkanes) is 21. The molecule has 0 aromatic carbocycles. The number of allylic oxidation sites excluding steroid dienone is 8. The van der Waals surface area contributed by atoms with Gasteiger partial charge in [-0.05, 0) is 77.0 Å². The van der Waals surface area contributed by atoms with Gasteiger partial charge in [-0.1, -0.05) is 159 Å². The van der Waals surface area contributed by atoms with E-state index in [4.69, 9.17) is 13.8 Å². The van der Waals surface area contributed by atoms with Gasteiger partial charge in [0.25, 0.3) is 0 Å². The van der Waals surface area contributed by atoms with Gasteiger partial charge in [-0.2, -0.15) is 0 Å². The van der Waals surface area contributed by atoms with E-state index in [-0.39, 0.29) is 12.8 Å². The highest BCUT2D eigenvalue weighted by Crippen LogP contribution is 2.43. The van der Waals surface area contributed by atoms with Gasteiger partial charge in [0.1, 0.15) is 12.7 Å². The molecule has 0 saturated carbocycles. The minimum atomic E-state index is -4.76. The topological polar surface area (TPSA) is 169 Å². The Morgan fingerprint density at radius 3 is 1.41 bits per heavy atom. The molecule has 0 bridgehead atoms. The van der Waals surface area contributed by atoms with Crippen LogP contribution in [0.2, 0.25) is 0 Å². The average Bonchev–Trinajstić information content (AvgIpc) is 3.21. The maximum Gasteiger partial charge on any atom is 0.472 e. The van der Waals surface area contributed by atoms with Crippen molar-refractivity contribution < 1.29 is 47.8 Å². The molecule has 3 unspecified atom stereocenters. The summed E-state index contributed by atoms with van der Waals surface area (Å²) >= 11 is 0. The molecule has 0 saturated heterocycles. The van der Waals surface area contributed by atoms with Crippen LogP contribution in [0.3, 0.4) is 0 Å². The van der Waals surface area contributed by atoms with Gasteiger partial charge in [-0.3, -0.25) is 18.6 Å². The van der Waals surface area contributed by atoms with E-state index in [2.05, 4.69) is 67.8 Å². The zero-order valence-electron chi connectivity index (χ0n) is 37.0. The number of carbonyl (C=O) groups is 3. The van der Waals surface area contributed by atoms with Crippen molar-refractivity contribution in [3.63, 3.8) is 0 Å². The monoisotopic (exact) mass is 854 g/mol. The number of phosphoric ester groups is 1. The standard InChI is InChI=1S/C47H84NO10P/c1-3-5-7-9-11-13-15-17-18-19-20-21-22-23-24-25-26-27-29-31-33-35-37-39-46(51)56-40-43(49)41-57-59(54,55)58-42-44(47(52)53)48-45(50)38-36-34-32-30-28-16-14-12-10-8-6-4-2/h11-14,17-18,20-21,43-44,49H,3-10,15-16,19,22-42H2,1-2H3,(H,48,50)(H,52,53)(H,54,55)/b13-11-,14-12-,18-17-,21-20-. The van der Waals surface area contributed by atoms with E-state index >= 15 is 0 Å². The molecule has 4 N–H and O–H groups in total. The second-order valence-corrected chi connectivity index (χ2v) is 17.0. The summed E-state index contributed by atoms with van der Waals surface area (Å²) < 4.78 is 26.8. The Bertz CT molecular complexity index is 1190. The largest absolute Gasteiger partial charge is 0.480 e. The van der Waals surface area contributed by atoms with Gasteiger partial charge >= 0.3 is 19.8 Å². The van der Waals surface area contributed by atoms with E-state index in [1.165, 1.54) is 83.5 Å². The predicted molar refractivity (Wildman–Crippen MR) is 240 cm³/mol. The van der Waals surface area contributed by atoms with Crippen LogP contribution in [0.15, 0.2) is 48.6 Å². The third-order valence-electron chi connectivity index (χ3n) is 9.84. The first-order valence-electron chi connectivity index (χ1n) is 23.2. The maximum atomic E-state index is 12.3. The summed E-state index contributed by atoms with van der Waals surface area (Å²) in [7, 11) is -4.76. The average molecular weight is 854 g/mol. The number of esters is 1. The lowest BCUT2D eigenvalue weighted by atomic mass is 10.1. The van der Waals surface area contributed by atoms with Crippen molar-refractivity contribution >= 4 is 25.7 Å². The van der Waals surface area contributed by atoms with Gasteiger partial charge in [0, 0.05) is 12.8 Å². The van der Waals surface area contributed by atoms with Crippen LogP contribution < -0.4 is 5.32 Å². The highest BCUT2D eigenvalue weighted by molar-refractivity contribution is 7.47. The Hall–Kier alpha value is -2.56. The third kappa shape index (κ3) is 41.9. The number of aliphatic hydroxyl groups is 1. The molecule has 0 aliphatic carbocycles. The highest BCUT2D eigenvalue weighted by atomic mass is 31.2. The number of hydrogen-bond acceptors (Lipinski definition) is 8. The van der Waals surface area contributed by atoms with Gasteiger partial charge in [0.2, 0.25) is 5.91 Å². The molecule has 0 aromatic heterocycles. The van der Waals surface area contributed by atoms with Crippen LogP contribution in [0.5, 0.6) is 0 Å². The Kier molecular flexibility index (Phi) is 40.3. The van der Waals surface area contributed by atoms with Crippen LogP contribution in [-0.4, -0.2) is 64.9 Å². The first-order valence-corrected chi connectivity index (χ1v) is 24.7. The van der Waals surface area contributed by atoms with Gasteiger partial charge in [0.05, 0.1) is 13.2 Å². The van der Waals surface area contributed by atoms with Crippen molar-refractivity contribution in [1.82, 2.24) is 5.32 Å². The Labute approximate surface area is 358 Å². The van der Waals surface area contributed by atoms with Crippen molar-refractivity contribution in [2.45, 2.75) is 212 Å². The summed E-state index contributed by atoms with van der Waals surface area (Å²) in [5, 5.41) is 21.8. The second-order valence-electron chi connectivity index (χ2n) is 15.6. The molecule has 0 radical (unpaired) electrons. The van der Waals surface area contributed by atoms with Gasteiger partial charge in [-0.15, -0.1) is 0 Å². The number of carboxylic acids is 1. The molecule has 59 heavy (non-hydrogen) atoms. The van der Waals surface area contributed by atoms with Crippen LogP contribution in [0.25, 0.3) is 0 Å². The van der Waals surface area contributed by atoms with Crippen LogP contribution >= 0.6 is 7.82 Å². The van der Waals surface area contributed by atoms with Crippen LogP contribution in [0.1, 0.15) is 200 Å². The number of aliphatic carboxylic acids is 1. The summed E-state index contributed by atoms with van der Waals surface area (Å²) in [6.45, 7) is 2.53. The predicted octanol–water partition coefficient (Wildman–Crippen LogP) is 12.2. The lowest BCUT2D eigenvalue weighted by Crippen LogP contribution is -2.43. The number of amides is 1. The molecule has 0 aliphatic rings. The van der Waals surface area contributed by atoms with E-state index < -0.39 is 57.6 Å². The highest BCUT2D eigenvalue weighted by Gasteiger charge is 2.28. The Morgan fingerprint density at radius 1 is 0.542 bits per heavy atom. The minimum Gasteiger partial charge on any atom is -0.480 e. The lowest BCUT2D eigenvalue weighted by Gasteiger charge is -2.18. The fourth-order valence-electron chi connectivity index (χ4n) is 6.20. The fraction of sp³-hybridized carbons (Fsp3) is 0.766. The van der Waals surface area contributed by atoms with Crippen molar-refractivity contribution in [3.05, 3.63) is 48.6 Å². The SMILES string of the molecule is CCCCC/C=C\C/C=C\C/C=C\CCCCCCCCCCCCC(=O)OCC(O)COP(=O)(O)OCC(NC(=O)CCCCCCC/C=C\CCCCC)C(=O)O. The molecule has 0 aromatic rings. The zero-order chi connectivity index (χ0) is 43.5. The second kappa shape index (κ2) is 42.1. The molecule has 0 spiro atoms. The van der Waals surface area contributed by atoms with Crippen molar-refractivity contribution in [2.75, 3.05) is 19.8 Å². The normalized spacial score (nSPS) is 14.1. The van der Waals surface area contributed by atoms with Crippen LogP contribution in [0.4, 0.5) is 0 Å². The number of carbonyl (C=O) groups excluding carboxylic acids is 2. The summed E-state index contributed by atoms with van der Waals surface area (Å²) in [4.78, 5) is 45.9. The number of nitrogens with one attached hydrogen (secondary N) is 1. The first-order chi connectivity index (χ1) is 28.6. The molecule has 3 atom stereocenters. The molecule has 0 rings (SSSR count). The van der Waals surface area contributed by atoms with E-state index in [0.29, 0.717) is 12.8 Å². The number of carboxylic acid groups (broad SMARTS) is 1. The van der Waals surface area contributed by atoms with E-state index in [9.17, 15) is 34.1 Å². The molecular formula is C47H84NO10P. The Balaban J connectivity index is 3.84. The summed E-state index contributed by atoms with van der Waals surface area (Å²) in [6, 6.07) is -1.55. The van der Waals surface area contributed by atoms with E-state index in [1.54, 1.807) is 0 Å². The van der Waals surface area contributed by atoms with Crippen LogP contribution in [-0.2, 0) is 32.7 Å². The molecule has 342 valence electrons. The summed E-state index contributed by atoms with van der Waals surface area (Å²) in [5.41, 5.74) is 0. The molecule has 12 heteroatoms. The lowest BCUT2D eigenvalue weighted by molar-refractivity contribution is -0.147. The molecule has 0 heterocycles. The smallest absolute Gasteiger partial charge is 0.472 e. The van der Waals surface area contributed by atoms with Crippen molar-refractivity contribution in [3.8, 4) is 0 Å². The molecule has 0 aliphatic heterocycles. The number of hydrogen-bond donors (Lipinski definition) is 4. The molecule has 1 amide bonds. The zero-order valence-corrected chi connectivity index (χ0v) is 37.9. The van der Waals surface area contributed by atoms with Crippen molar-refractivity contribution in [1.29, 1.82) is 0 Å². The number of ether oxygens (including phenoxy) is 1. The number of rotatable bonds is 43. The first kappa shape index (κ1) is 56.4. The number of aliphatic hydroxyl groups excluding tert-OH is 1. The summed E-state index contributed by atoms with van der Waals surface area (Å²) in [6.07, 6.45) is 47.1. The molecule has 11 nitrogen and oxygen atoms in total. The van der Waals surface area contributed by atoms with E-state index in [0.717, 1.165) is 77.0 Å². The maximum absolute atomic E-state index is 12.3. The Morgan fingerprint density at radius 2 is 0.932 bits per heavy atom. The van der Waals surface area contributed by atoms with Crippen molar-refractivity contribution in [2.24, 2.45) is 0 Å². The number of phosphoric acid groups is 1. The van der Waals surface area contributed by atoms with Gasteiger partial charge in [-0.25, -0.2) is 9.36 Å². The molecule has 0 fully saturated rings. The molecular weight excluding hydrogens is 769 g/mol. The quantitative estimate of drug-likeness (QED) is 0.0200. The van der Waals surface area contributed by atoms with E-state index in [1.807, 2.05) is 0 Å². The van der Waals surface area contributed by atoms with Gasteiger partial charge in [0.15, 0.2) is 6.04 Å². The van der Waals surface area contributed by atoms with Crippen LogP contribution in [0, 0.1) is 0 Å².